The van der Waals surface area contributed by atoms with Gasteiger partial charge in [0.15, 0.2) is 11.2 Å². The zero-order chi connectivity index (χ0) is 14.1. The van der Waals surface area contributed by atoms with Crippen LogP contribution in [-0.4, -0.2) is 15.9 Å². The molecule has 0 radical (unpaired) electrons. The summed E-state index contributed by atoms with van der Waals surface area (Å²) in [6, 6.07) is 10.2. The van der Waals surface area contributed by atoms with E-state index >= 15 is 0 Å². The quantitative estimate of drug-likeness (QED) is 0.719. The molecule has 2 aromatic heterocycles. The van der Waals surface area contributed by atoms with Gasteiger partial charge in [-0.05, 0) is 30.3 Å². The van der Waals surface area contributed by atoms with Crippen LogP contribution in [0.5, 0.6) is 5.75 Å². The Balaban J connectivity index is 2.16. The van der Waals surface area contributed by atoms with Gasteiger partial charge in [0.2, 0.25) is 5.78 Å². The van der Waals surface area contributed by atoms with E-state index < -0.39 is 5.78 Å². The third-order valence-corrected chi connectivity index (χ3v) is 2.83. The number of rotatable bonds is 2. The topological polar surface area (TPSA) is 80.4 Å². The molecule has 0 unspecified atom stereocenters. The highest BCUT2D eigenvalue weighted by atomic mass is 16.3. The number of carbonyl (C=O) groups is 1. The van der Waals surface area contributed by atoms with Crippen LogP contribution >= 0.6 is 0 Å². The van der Waals surface area contributed by atoms with Gasteiger partial charge in [0.05, 0.1) is 5.39 Å². The molecule has 0 atom stereocenters. The van der Waals surface area contributed by atoms with Crippen LogP contribution in [0.25, 0.3) is 11.0 Å². The third kappa shape index (κ3) is 2.05. The SMILES string of the molecule is O=C(c1ccccn1)c1cc(=O)c2cc(O)ccc2o1. The average molecular weight is 267 g/mol. The maximum atomic E-state index is 12.2. The standard InChI is InChI=1S/C15H9NO4/c17-9-4-5-13-10(7-9)12(18)8-14(20-13)15(19)11-3-1-2-6-16-11/h1-8,17H. The summed E-state index contributed by atoms with van der Waals surface area (Å²) in [7, 11) is 0. The first-order chi connectivity index (χ1) is 9.65. The van der Waals surface area contributed by atoms with Crippen LogP contribution in [0.15, 0.2) is 57.9 Å². The van der Waals surface area contributed by atoms with E-state index in [0.29, 0.717) is 0 Å². The van der Waals surface area contributed by atoms with Crippen molar-refractivity contribution in [1.82, 2.24) is 4.98 Å². The van der Waals surface area contributed by atoms with Crippen LogP contribution in [0.2, 0.25) is 0 Å². The van der Waals surface area contributed by atoms with Crippen LogP contribution in [0.4, 0.5) is 0 Å². The van der Waals surface area contributed by atoms with Crippen molar-refractivity contribution in [3.8, 4) is 5.75 Å². The highest BCUT2D eigenvalue weighted by Crippen LogP contribution is 2.19. The van der Waals surface area contributed by atoms with Crippen LogP contribution in [0.3, 0.4) is 0 Å². The second kappa shape index (κ2) is 4.62. The summed E-state index contributed by atoms with van der Waals surface area (Å²) in [5.74, 6) is -0.571. The van der Waals surface area contributed by atoms with E-state index in [1.807, 2.05) is 0 Å². The Labute approximate surface area is 113 Å². The Morgan fingerprint density at radius 2 is 2.00 bits per heavy atom. The van der Waals surface area contributed by atoms with E-state index in [-0.39, 0.29) is 33.6 Å². The Kier molecular flexibility index (Phi) is 2.80. The number of hydrogen-bond donors (Lipinski definition) is 1. The van der Waals surface area contributed by atoms with Crippen molar-refractivity contribution in [2.45, 2.75) is 0 Å². The Hall–Kier alpha value is -2.95. The third-order valence-electron chi connectivity index (χ3n) is 2.83. The van der Waals surface area contributed by atoms with Gasteiger partial charge in [0.1, 0.15) is 17.0 Å². The van der Waals surface area contributed by atoms with Crippen LogP contribution in [0, 0.1) is 0 Å². The van der Waals surface area contributed by atoms with E-state index in [2.05, 4.69) is 4.98 Å². The second-order valence-electron chi connectivity index (χ2n) is 4.20. The van der Waals surface area contributed by atoms with Gasteiger partial charge in [-0.3, -0.25) is 14.6 Å². The van der Waals surface area contributed by atoms with Gasteiger partial charge in [0, 0.05) is 12.3 Å². The predicted octanol–water partition coefficient (Wildman–Crippen LogP) is 2.12. The first kappa shape index (κ1) is 12.1. The Morgan fingerprint density at radius 1 is 1.15 bits per heavy atom. The van der Waals surface area contributed by atoms with Crippen molar-refractivity contribution in [2.75, 3.05) is 0 Å². The first-order valence-corrected chi connectivity index (χ1v) is 5.88. The van der Waals surface area contributed by atoms with Gasteiger partial charge in [0.25, 0.3) is 0 Å². The molecule has 0 aliphatic rings. The van der Waals surface area contributed by atoms with Crippen molar-refractivity contribution < 1.29 is 14.3 Å². The minimum atomic E-state index is -0.460. The lowest BCUT2D eigenvalue weighted by Gasteiger charge is -2.02. The molecule has 0 amide bonds. The molecule has 2 heterocycles. The van der Waals surface area contributed by atoms with E-state index in [4.69, 9.17) is 4.42 Å². The maximum absolute atomic E-state index is 12.2. The maximum Gasteiger partial charge on any atom is 0.246 e. The van der Waals surface area contributed by atoms with Gasteiger partial charge >= 0.3 is 0 Å². The van der Waals surface area contributed by atoms with Gasteiger partial charge in [-0.25, -0.2) is 0 Å². The molecule has 98 valence electrons. The molecule has 0 aliphatic heterocycles. The highest BCUT2D eigenvalue weighted by Gasteiger charge is 2.15. The number of hydrogen-bond acceptors (Lipinski definition) is 5. The summed E-state index contributed by atoms with van der Waals surface area (Å²) in [6.07, 6.45) is 1.49. The highest BCUT2D eigenvalue weighted by molar-refractivity contribution is 6.06. The number of phenolic OH excluding ortho intramolecular Hbond substituents is 1. The lowest BCUT2D eigenvalue weighted by atomic mass is 10.1. The fourth-order valence-electron chi connectivity index (χ4n) is 1.88. The summed E-state index contributed by atoms with van der Waals surface area (Å²) in [5, 5.41) is 9.58. The second-order valence-corrected chi connectivity index (χ2v) is 4.20. The lowest BCUT2D eigenvalue weighted by Crippen LogP contribution is -2.09. The monoisotopic (exact) mass is 267 g/mol. The summed E-state index contributed by atoms with van der Waals surface area (Å²) in [4.78, 5) is 28.0. The van der Waals surface area contributed by atoms with Crippen molar-refractivity contribution in [2.24, 2.45) is 0 Å². The number of carbonyl (C=O) groups excluding carboxylic acids is 1. The average Bonchev–Trinajstić information content (AvgIpc) is 2.48. The van der Waals surface area contributed by atoms with Crippen LogP contribution < -0.4 is 5.43 Å². The normalized spacial score (nSPS) is 10.6. The van der Waals surface area contributed by atoms with Crippen LogP contribution in [0.1, 0.15) is 16.2 Å². The fourth-order valence-corrected chi connectivity index (χ4v) is 1.88. The number of pyridine rings is 1. The van der Waals surface area contributed by atoms with Crippen molar-refractivity contribution >= 4 is 16.8 Å². The number of aromatic hydroxyl groups is 1. The minimum Gasteiger partial charge on any atom is -0.508 e. The molecule has 3 rings (SSSR count). The van der Waals surface area contributed by atoms with Crippen molar-refractivity contribution in [1.29, 1.82) is 0 Å². The van der Waals surface area contributed by atoms with E-state index in [1.54, 1.807) is 18.2 Å². The first-order valence-electron chi connectivity index (χ1n) is 5.88. The summed E-state index contributed by atoms with van der Waals surface area (Å²) < 4.78 is 5.41. The van der Waals surface area contributed by atoms with E-state index in [1.165, 1.54) is 24.4 Å². The molecule has 0 spiro atoms. The molecule has 0 aliphatic carbocycles. The van der Waals surface area contributed by atoms with Gasteiger partial charge in [-0.2, -0.15) is 0 Å². The van der Waals surface area contributed by atoms with E-state index in [9.17, 15) is 14.7 Å². The molecule has 1 N–H and O–H groups in total. The smallest absolute Gasteiger partial charge is 0.246 e. The molecule has 0 saturated heterocycles. The van der Waals surface area contributed by atoms with Gasteiger partial charge < -0.3 is 9.52 Å². The molecule has 0 fully saturated rings. The molecule has 20 heavy (non-hydrogen) atoms. The number of fused-ring (bicyclic) bond motifs is 1. The number of ketones is 1. The van der Waals surface area contributed by atoms with Crippen LogP contribution in [-0.2, 0) is 0 Å². The molecular formula is C15H9NO4. The number of aromatic nitrogens is 1. The Morgan fingerprint density at radius 3 is 2.75 bits per heavy atom. The molecule has 0 bridgehead atoms. The molecule has 5 heteroatoms. The fraction of sp³-hybridized carbons (Fsp3) is 0. The molecule has 0 saturated carbocycles. The zero-order valence-electron chi connectivity index (χ0n) is 10.2. The zero-order valence-corrected chi connectivity index (χ0v) is 10.2. The number of nitrogens with zero attached hydrogens (tertiary/aromatic N) is 1. The van der Waals surface area contributed by atoms with E-state index in [0.717, 1.165) is 6.07 Å². The molecular weight excluding hydrogens is 258 g/mol. The lowest BCUT2D eigenvalue weighted by molar-refractivity contribution is 0.100. The largest absolute Gasteiger partial charge is 0.508 e. The summed E-state index contributed by atoms with van der Waals surface area (Å²) >= 11 is 0. The van der Waals surface area contributed by atoms with Gasteiger partial charge in [-0.1, -0.05) is 6.07 Å². The Bertz CT molecular complexity index is 853. The summed E-state index contributed by atoms with van der Waals surface area (Å²) in [6.45, 7) is 0. The predicted molar refractivity (Wildman–Crippen MR) is 71.8 cm³/mol. The molecule has 1 aromatic carbocycles. The number of phenols is 1. The molecule has 3 aromatic rings. The number of benzene rings is 1. The van der Waals surface area contributed by atoms with Gasteiger partial charge in [-0.15, -0.1) is 0 Å². The van der Waals surface area contributed by atoms with Crippen molar-refractivity contribution in [3.05, 3.63) is 70.3 Å². The molecule has 5 nitrogen and oxygen atoms in total. The minimum absolute atomic E-state index is 0.0337. The summed E-state index contributed by atoms with van der Waals surface area (Å²) in [5.41, 5.74) is 0.0600. The van der Waals surface area contributed by atoms with Crippen molar-refractivity contribution in [3.63, 3.8) is 0 Å².